The molecule has 34 heavy (non-hydrogen) atoms. The fourth-order valence-corrected chi connectivity index (χ4v) is 6.22. The van der Waals surface area contributed by atoms with E-state index in [4.69, 9.17) is 9.47 Å². The fourth-order valence-electron chi connectivity index (χ4n) is 4.50. The summed E-state index contributed by atoms with van der Waals surface area (Å²) in [6.45, 7) is 3.84. The Morgan fingerprint density at radius 2 is 1.94 bits per heavy atom. The number of ether oxygens (including phenoxy) is 2. The maximum Gasteiger partial charge on any atom is 0.256 e. The first-order valence-corrected chi connectivity index (χ1v) is 13.5. The Morgan fingerprint density at radius 1 is 1.18 bits per heavy atom. The lowest BCUT2D eigenvalue weighted by molar-refractivity contribution is 0.0730. The number of aryl methyl sites for hydroxylation is 1. The van der Waals surface area contributed by atoms with Crippen molar-refractivity contribution in [1.82, 2.24) is 9.29 Å². The molecule has 0 radical (unpaired) electrons. The largest absolute Gasteiger partial charge is 0.489 e. The quantitative estimate of drug-likeness (QED) is 0.607. The molecule has 2 heterocycles. The van der Waals surface area contributed by atoms with Crippen LogP contribution >= 0.6 is 0 Å². The molecule has 1 saturated carbocycles. The lowest BCUT2D eigenvalue weighted by Gasteiger charge is -2.27. The van der Waals surface area contributed by atoms with Crippen molar-refractivity contribution >= 4 is 21.7 Å². The molecule has 1 aliphatic heterocycles. The van der Waals surface area contributed by atoms with Gasteiger partial charge in [-0.25, -0.2) is 13.4 Å². The Kier molecular flexibility index (Phi) is 8.18. The molecule has 2 aliphatic rings. The molecule has 1 aromatic heterocycles. The molecule has 0 bridgehead atoms. The molecule has 0 unspecified atom stereocenters. The number of hydrogen-bond acceptors (Lipinski definition) is 6. The molecule has 1 N–H and O–H groups in total. The highest BCUT2D eigenvalue weighted by Crippen LogP contribution is 2.28. The maximum absolute atomic E-state index is 13.3. The van der Waals surface area contributed by atoms with E-state index in [1.54, 1.807) is 30.5 Å². The van der Waals surface area contributed by atoms with E-state index in [0.717, 1.165) is 12.8 Å². The number of amides is 1. The topological polar surface area (TPSA) is 97.8 Å². The number of nitrogens with one attached hydrogen (secondary N) is 1. The highest BCUT2D eigenvalue weighted by Gasteiger charge is 2.29. The zero-order chi connectivity index (χ0) is 24.0. The molecule has 4 rings (SSSR count). The van der Waals surface area contributed by atoms with Crippen LogP contribution in [0.5, 0.6) is 5.75 Å². The summed E-state index contributed by atoms with van der Waals surface area (Å²) in [6.07, 6.45) is 8.20. The standard InChI is InChI=1S/C25H33N3O5S/c1-2-20-10-11-21(17-23(20)34(30,31)28-13-15-32-16-14-28)25(29)27-24-22(9-6-12-26-24)33-18-19-7-4-3-5-8-19/h6,9-12,17,19H,2-5,7-8,13-16,18H2,1H3,(H,26,27,29). The Hall–Kier alpha value is -2.49. The van der Waals surface area contributed by atoms with Crippen LogP contribution in [0.1, 0.15) is 54.9 Å². The number of rotatable bonds is 8. The van der Waals surface area contributed by atoms with Crippen LogP contribution in [0.2, 0.25) is 0 Å². The van der Waals surface area contributed by atoms with Gasteiger partial charge in [-0.3, -0.25) is 4.79 Å². The summed E-state index contributed by atoms with van der Waals surface area (Å²) in [7, 11) is -3.73. The van der Waals surface area contributed by atoms with Crippen LogP contribution in [0.15, 0.2) is 41.4 Å². The van der Waals surface area contributed by atoms with Crippen molar-refractivity contribution < 1.29 is 22.7 Å². The van der Waals surface area contributed by atoms with E-state index >= 15 is 0 Å². The van der Waals surface area contributed by atoms with Crippen molar-refractivity contribution in [2.75, 3.05) is 38.2 Å². The highest BCUT2D eigenvalue weighted by atomic mass is 32.2. The van der Waals surface area contributed by atoms with Crippen molar-refractivity contribution in [2.24, 2.45) is 5.92 Å². The number of nitrogens with zero attached hydrogens (tertiary/aromatic N) is 2. The smallest absolute Gasteiger partial charge is 0.256 e. The molecule has 1 aromatic carbocycles. The second kappa shape index (κ2) is 11.3. The number of benzene rings is 1. The number of sulfonamides is 1. The van der Waals surface area contributed by atoms with Crippen molar-refractivity contribution in [3.05, 3.63) is 47.7 Å². The fraction of sp³-hybridized carbons (Fsp3) is 0.520. The van der Waals surface area contributed by atoms with Crippen LogP contribution in [0, 0.1) is 5.92 Å². The minimum Gasteiger partial charge on any atom is -0.489 e. The van der Waals surface area contributed by atoms with Crippen LogP contribution in [-0.4, -0.2) is 56.5 Å². The Labute approximate surface area is 201 Å². The summed E-state index contributed by atoms with van der Waals surface area (Å²) in [5.74, 6) is 0.947. The summed E-state index contributed by atoms with van der Waals surface area (Å²) < 4.78 is 39.3. The van der Waals surface area contributed by atoms with Gasteiger partial charge in [0.25, 0.3) is 5.91 Å². The van der Waals surface area contributed by atoms with Gasteiger partial charge in [0.15, 0.2) is 11.6 Å². The zero-order valence-electron chi connectivity index (χ0n) is 19.7. The molecule has 1 amide bonds. The lowest BCUT2D eigenvalue weighted by atomic mass is 9.90. The summed E-state index contributed by atoms with van der Waals surface area (Å²) in [5, 5.41) is 2.81. The first-order chi connectivity index (χ1) is 16.5. The summed E-state index contributed by atoms with van der Waals surface area (Å²) in [4.78, 5) is 17.5. The third-order valence-electron chi connectivity index (χ3n) is 6.50. The first-order valence-electron chi connectivity index (χ1n) is 12.1. The summed E-state index contributed by atoms with van der Waals surface area (Å²) >= 11 is 0. The minimum absolute atomic E-state index is 0.166. The summed E-state index contributed by atoms with van der Waals surface area (Å²) in [5.41, 5.74) is 0.935. The lowest BCUT2D eigenvalue weighted by Crippen LogP contribution is -2.41. The normalized spacial score (nSPS) is 17.9. The minimum atomic E-state index is -3.73. The number of anilines is 1. The monoisotopic (exact) mass is 487 g/mol. The van der Waals surface area contributed by atoms with Crippen molar-refractivity contribution in [1.29, 1.82) is 0 Å². The molecule has 9 heteroatoms. The van der Waals surface area contributed by atoms with E-state index in [1.807, 2.05) is 6.92 Å². The van der Waals surface area contributed by atoms with Crippen LogP contribution in [-0.2, 0) is 21.2 Å². The van der Waals surface area contributed by atoms with Crippen LogP contribution in [0.4, 0.5) is 5.82 Å². The van der Waals surface area contributed by atoms with E-state index in [0.29, 0.717) is 62.4 Å². The third-order valence-corrected chi connectivity index (χ3v) is 8.48. The number of hydrogen-bond donors (Lipinski definition) is 1. The number of aromatic nitrogens is 1. The van der Waals surface area contributed by atoms with E-state index in [9.17, 15) is 13.2 Å². The number of carbonyl (C=O) groups excluding carboxylic acids is 1. The van der Waals surface area contributed by atoms with Gasteiger partial charge < -0.3 is 14.8 Å². The Balaban J connectivity index is 1.52. The van der Waals surface area contributed by atoms with Crippen LogP contribution < -0.4 is 10.1 Å². The van der Waals surface area contributed by atoms with Gasteiger partial charge in [-0.05, 0) is 55.0 Å². The van der Waals surface area contributed by atoms with E-state index in [2.05, 4.69) is 10.3 Å². The van der Waals surface area contributed by atoms with Gasteiger partial charge in [0.2, 0.25) is 10.0 Å². The van der Waals surface area contributed by atoms with E-state index in [-0.39, 0.29) is 10.5 Å². The molecule has 0 atom stereocenters. The molecular weight excluding hydrogens is 454 g/mol. The van der Waals surface area contributed by atoms with Crippen molar-refractivity contribution in [3.63, 3.8) is 0 Å². The average Bonchev–Trinajstić information content (AvgIpc) is 2.89. The molecule has 2 aromatic rings. The molecule has 1 saturated heterocycles. The van der Waals surface area contributed by atoms with Crippen LogP contribution in [0.25, 0.3) is 0 Å². The van der Waals surface area contributed by atoms with Gasteiger partial charge in [-0.2, -0.15) is 4.31 Å². The maximum atomic E-state index is 13.3. The Bertz CT molecular complexity index is 1090. The highest BCUT2D eigenvalue weighted by molar-refractivity contribution is 7.89. The van der Waals surface area contributed by atoms with Gasteiger partial charge in [0, 0.05) is 24.8 Å². The second-order valence-electron chi connectivity index (χ2n) is 8.81. The SMILES string of the molecule is CCc1ccc(C(=O)Nc2ncccc2OCC2CCCCC2)cc1S(=O)(=O)N1CCOCC1. The second-order valence-corrected chi connectivity index (χ2v) is 10.7. The first kappa shape index (κ1) is 24.6. The molecule has 0 spiro atoms. The van der Waals surface area contributed by atoms with E-state index < -0.39 is 15.9 Å². The third kappa shape index (κ3) is 5.76. The van der Waals surface area contributed by atoms with Crippen molar-refractivity contribution in [3.8, 4) is 5.75 Å². The molecule has 2 fully saturated rings. The molecule has 1 aliphatic carbocycles. The number of morpholine rings is 1. The summed E-state index contributed by atoms with van der Waals surface area (Å²) in [6, 6.07) is 8.39. The van der Waals surface area contributed by atoms with Gasteiger partial charge in [0.05, 0.1) is 24.7 Å². The predicted molar refractivity (Wildman–Crippen MR) is 130 cm³/mol. The molecule has 8 nitrogen and oxygen atoms in total. The number of pyridine rings is 1. The predicted octanol–water partition coefficient (Wildman–Crippen LogP) is 3.88. The van der Waals surface area contributed by atoms with Crippen LogP contribution in [0.3, 0.4) is 0 Å². The van der Waals surface area contributed by atoms with Gasteiger partial charge in [0.1, 0.15) is 0 Å². The Morgan fingerprint density at radius 3 is 2.68 bits per heavy atom. The molecule has 184 valence electrons. The van der Waals surface area contributed by atoms with Gasteiger partial charge in [-0.15, -0.1) is 0 Å². The van der Waals surface area contributed by atoms with Crippen molar-refractivity contribution in [2.45, 2.75) is 50.3 Å². The van der Waals surface area contributed by atoms with Gasteiger partial charge >= 0.3 is 0 Å². The number of carbonyl (C=O) groups is 1. The van der Waals surface area contributed by atoms with E-state index in [1.165, 1.54) is 29.6 Å². The van der Waals surface area contributed by atoms with Gasteiger partial charge in [-0.1, -0.05) is 32.3 Å². The molecular formula is C25H33N3O5S. The average molecular weight is 488 g/mol. The zero-order valence-corrected chi connectivity index (χ0v) is 20.5.